The molecule has 2 fully saturated rings. The van der Waals surface area contributed by atoms with Gasteiger partial charge in [-0.2, -0.15) is 0 Å². The topological polar surface area (TPSA) is 36.0 Å². The number of ether oxygens (including phenoxy) is 1. The fourth-order valence-electron chi connectivity index (χ4n) is 4.72. The van der Waals surface area contributed by atoms with Crippen molar-refractivity contribution in [1.29, 1.82) is 0 Å². The first-order valence-corrected chi connectivity index (χ1v) is 10.6. The summed E-state index contributed by atoms with van der Waals surface area (Å²) >= 11 is 0. The van der Waals surface area contributed by atoms with Crippen molar-refractivity contribution in [2.24, 2.45) is 11.8 Å². The summed E-state index contributed by atoms with van der Waals surface area (Å²) in [6, 6.07) is 8.16. The van der Waals surface area contributed by atoms with E-state index in [1.165, 1.54) is 38.0 Å². The van der Waals surface area contributed by atoms with Crippen molar-refractivity contribution in [1.82, 2.24) is 14.7 Å². The van der Waals surface area contributed by atoms with Gasteiger partial charge in [0.25, 0.3) is 0 Å². The first-order chi connectivity index (χ1) is 13.2. The molecule has 0 unspecified atom stereocenters. The minimum absolute atomic E-state index is 0.0640. The summed E-state index contributed by atoms with van der Waals surface area (Å²) in [6.45, 7) is 8.12. The van der Waals surface area contributed by atoms with Gasteiger partial charge in [0.1, 0.15) is 5.75 Å². The molecule has 0 aromatic heterocycles. The van der Waals surface area contributed by atoms with Crippen LogP contribution in [0.1, 0.15) is 24.8 Å². The van der Waals surface area contributed by atoms with Crippen LogP contribution in [0.3, 0.4) is 0 Å². The monoisotopic (exact) mass is 371 g/mol. The predicted octanol–water partition coefficient (Wildman–Crippen LogP) is 2.11. The number of hydrogen-bond donors (Lipinski definition) is 0. The Balaban J connectivity index is 1.27. The Bertz CT molecular complexity index is 634. The summed E-state index contributed by atoms with van der Waals surface area (Å²) in [5.74, 6) is 2.18. The normalized spacial score (nSPS) is 25.5. The molecule has 27 heavy (non-hydrogen) atoms. The minimum atomic E-state index is 0.0640. The number of hydrogen-bond acceptors (Lipinski definition) is 4. The van der Waals surface area contributed by atoms with Gasteiger partial charge in [-0.25, -0.2) is 0 Å². The lowest BCUT2D eigenvalue weighted by atomic mass is 9.94. The summed E-state index contributed by atoms with van der Waals surface area (Å²) in [6.07, 6.45) is 4.27. The maximum atomic E-state index is 13.1. The van der Waals surface area contributed by atoms with Crippen molar-refractivity contribution in [3.05, 3.63) is 29.8 Å². The van der Waals surface area contributed by atoms with Gasteiger partial charge >= 0.3 is 0 Å². The van der Waals surface area contributed by atoms with Gasteiger partial charge in [0.05, 0.1) is 6.61 Å². The number of carbonyl (C=O) groups is 1. The lowest BCUT2D eigenvalue weighted by Gasteiger charge is -2.39. The lowest BCUT2D eigenvalue weighted by molar-refractivity contribution is -0.137. The average Bonchev–Trinajstić information content (AvgIpc) is 2.92. The molecule has 0 N–H and O–H groups in total. The molecule has 5 nitrogen and oxygen atoms in total. The average molecular weight is 372 g/mol. The smallest absolute Gasteiger partial charge is 0.226 e. The van der Waals surface area contributed by atoms with Crippen LogP contribution in [0.2, 0.25) is 0 Å². The Labute approximate surface area is 163 Å². The number of carbonyl (C=O) groups excluding carboxylic acids is 1. The first-order valence-electron chi connectivity index (χ1n) is 10.6. The van der Waals surface area contributed by atoms with Crippen LogP contribution in [0.25, 0.3) is 0 Å². The Morgan fingerprint density at radius 1 is 1.04 bits per heavy atom. The van der Waals surface area contributed by atoms with Gasteiger partial charge in [0.2, 0.25) is 5.91 Å². The van der Waals surface area contributed by atoms with E-state index in [1.54, 1.807) is 0 Å². The van der Waals surface area contributed by atoms with Crippen LogP contribution in [0.15, 0.2) is 24.3 Å². The Morgan fingerprint density at radius 2 is 1.78 bits per heavy atom. The molecular formula is C22H33N3O2. The van der Waals surface area contributed by atoms with Crippen LogP contribution in [0.4, 0.5) is 0 Å². The maximum Gasteiger partial charge on any atom is 0.226 e. The SMILES string of the molecule is CN1CCC(CN2CCN(C(=O)[C@H]3CCOc4ccccc4C3)CC2)CC1. The summed E-state index contributed by atoms with van der Waals surface area (Å²) in [7, 11) is 2.22. The molecule has 3 aliphatic rings. The molecule has 1 amide bonds. The van der Waals surface area contributed by atoms with Crippen molar-refractivity contribution in [3.8, 4) is 5.75 Å². The third kappa shape index (κ3) is 4.64. The van der Waals surface area contributed by atoms with Crippen molar-refractivity contribution in [2.45, 2.75) is 25.7 Å². The molecule has 1 aromatic carbocycles. The number of para-hydroxylation sites is 1. The minimum Gasteiger partial charge on any atom is -0.493 e. The van der Waals surface area contributed by atoms with E-state index in [1.807, 2.05) is 18.2 Å². The molecule has 1 aromatic rings. The second-order valence-corrected chi connectivity index (χ2v) is 8.52. The molecule has 4 rings (SSSR count). The van der Waals surface area contributed by atoms with E-state index in [-0.39, 0.29) is 5.92 Å². The number of likely N-dealkylation sites (tertiary alicyclic amines) is 1. The highest BCUT2D eigenvalue weighted by atomic mass is 16.5. The van der Waals surface area contributed by atoms with E-state index < -0.39 is 0 Å². The zero-order valence-electron chi connectivity index (χ0n) is 16.6. The quantitative estimate of drug-likeness (QED) is 0.815. The van der Waals surface area contributed by atoms with Gasteiger partial charge in [-0.1, -0.05) is 18.2 Å². The maximum absolute atomic E-state index is 13.1. The summed E-state index contributed by atoms with van der Waals surface area (Å²) in [5, 5.41) is 0. The number of piperidine rings is 1. The zero-order chi connectivity index (χ0) is 18.6. The first kappa shape index (κ1) is 18.8. The highest BCUT2D eigenvalue weighted by Gasteiger charge is 2.30. The number of piperazine rings is 1. The molecule has 5 heteroatoms. The highest BCUT2D eigenvalue weighted by molar-refractivity contribution is 5.79. The van der Waals surface area contributed by atoms with Crippen LogP contribution in [-0.4, -0.2) is 80.1 Å². The van der Waals surface area contributed by atoms with Gasteiger partial charge in [-0.15, -0.1) is 0 Å². The van der Waals surface area contributed by atoms with Crippen LogP contribution >= 0.6 is 0 Å². The van der Waals surface area contributed by atoms with E-state index >= 15 is 0 Å². The number of amides is 1. The van der Waals surface area contributed by atoms with Gasteiger partial charge in [0, 0.05) is 38.6 Å². The Morgan fingerprint density at radius 3 is 2.56 bits per heavy atom. The number of rotatable bonds is 3. The van der Waals surface area contributed by atoms with E-state index in [0.29, 0.717) is 12.5 Å². The molecule has 2 saturated heterocycles. The fraction of sp³-hybridized carbons (Fsp3) is 0.682. The Kier molecular flexibility index (Phi) is 5.98. The van der Waals surface area contributed by atoms with Crippen molar-refractivity contribution in [2.75, 3.05) is 59.5 Å². The van der Waals surface area contributed by atoms with E-state index in [2.05, 4.69) is 27.8 Å². The second-order valence-electron chi connectivity index (χ2n) is 8.52. The van der Waals surface area contributed by atoms with Crippen molar-refractivity contribution >= 4 is 5.91 Å². The zero-order valence-corrected chi connectivity index (χ0v) is 16.6. The Hall–Kier alpha value is -1.59. The van der Waals surface area contributed by atoms with Gasteiger partial charge in [-0.05, 0) is 63.4 Å². The molecule has 0 spiro atoms. The van der Waals surface area contributed by atoms with Crippen molar-refractivity contribution < 1.29 is 9.53 Å². The van der Waals surface area contributed by atoms with Crippen LogP contribution < -0.4 is 4.74 Å². The van der Waals surface area contributed by atoms with Gasteiger partial charge in [-0.3, -0.25) is 9.69 Å². The number of fused-ring (bicyclic) bond motifs is 1. The molecule has 0 saturated carbocycles. The van der Waals surface area contributed by atoms with Crippen LogP contribution in [0.5, 0.6) is 5.75 Å². The lowest BCUT2D eigenvalue weighted by Crippen LogP contribution is -2.52. The fourth-order valence-corrected chi connectivity index (χ4v) is 4.72. The van der Waals surface area contributed by atoms with E-state index in [0.717, 1.165) is 50.7 Å². The third-order valence-electron chi connectivity index (χ3n) is 6.55. The van der Waals surface area contributed by atoms with Crippen LogP contribution in [0, 0.1) is 11.8 Å². The molecule has 3 heterocycles. The molecule has 0 radical (unpaired) electrons. The van der Waals surface area contributed by atoms with Gasteiger partial charge < -0.3 is 14.5 Å². The second kappa shape index (κ2) is 8.61. The van der Waals surface area contributed by atoms with Crippen molar-refractivity contribution in [3.63, 3.8) is 0 Å². The molecule has 1 atom stereocenters. The molecule has 148 valence electrons. The number of nitrogens with zero attached hydrogens (tertiary/aromatic N) is 3. The molecule has 0 bridgehead atoms. The molecular weight excluding hydrogens is 338 g/mol. The summed E-state index contributed by atoms with van der Waals surface area (Å²) < 4.78 is 5.84. The highest BCUT2D eigenvalue weighted by Crippen LogP contribution is 2.28. The van der Waals surface area contributed by atoms with E-state index in [4.69, 9.17) is 4.74 Å². The summed E-state index contributed by atoms with van der Waals surface area (Å²) in [5.41, 5.74) is 1.18. The third-order valence-corrected chi connectivity index (χ3v) is 6.55. The molecule has 3 aliphatic heterocycles. The largest absolute Gasteiger partial charge is 0.493 e. The predicted molar refractivity (Wildman–Crippen MR) is 107 cm³/mol. The number of benzene rings is 1. The molecule has 0 aliphatic carbocycles. The van der Waals surface area contributed by atoms with E-state index in [9.17, 15) is 4.79 Å². The summed E-state index contributed by atoms with van der Waals surface area (Å²) in [4.78, 5) is 20.2. The standard InChI is InChI=1S/C22H33N3O2/c1-23-9-6-18(7-10-23)17-24-11-13-25(14-12-24)22(26)20-8-15-27-21-5-3-2-4-19(21)16-20/h2-5,18,20H,6-17H2,1H3/t20-/m0/s1. The van der Waals surface area contributed by atoms with Crippen LogP contribution in [-0.2, 0) is 11.2 Å². The van der Waals surface area contributed by atoms with Gasteiger partial charge in [0.15, 0.2) is 0 Å².